The topological polar surface area (TPSA) is 77.3 Å². The molecule has 6 nitrogen and oxygen atoms in total. The highest BCUT2D eigenvalue weighted by molar-refractivity contribution is 7.13. The van der Waals surface area contributed by atoms with Gasteiger partial charge in [-0.2, -0.15) is 4.98 Å². The lowest BCUT2D eigenvalue weighted by Crippen LogP contribution is -2.40. The fraction of sp³-hybridized carbons (Fsp3) is 0.533. The summed E-state index contributed by atoms with van der Waals surface area (Å²) in [6.07, 6.45) is 3.00. The van der Waals surface area contributed by atoms with Crippen molar-refractivity contribution in [2.75, 3.05) is 6.61 Å². The zero-order valence-corrected chi connectivity index (χ0v) is 13.3. The fourth-order valence-corrected chi connectivity index (χ4v) is 3.15. The van der Waals surface area contributed by atoms with E-state index in [0.717, 1.165) is 24.3 Å². The van der Waals surface area contributed by atoms with E-state index in [1.165, 1.54) is 0 Å². The molecule has 0 bridgehead atoms. The van der Waals surface area contributed by atoms with Crippen LogP contribution >= 0.6 is 11.3 Å². The van der Waals surface area contributed by atoms with Gasteiger partial charge in [-0.3, -0.25) is 4.79 Å². The van der Waals surface area contributed by atoms with E-state index in [1.807, 2.05) is 24.4 Å². The molecule has 1 aliphatic rings. The number of hydrogen-bond donors (Lipinski definition) is 1. The minimum atomic E-state index is -0.0149. The van der Waals surface area contributed by atoms with Crippen molar-refractivity contribution in [1.29, 1.82) is 0 Å². The minimum absolute atomic E-state index is 0.0149. The molecular weight excluding hydrogens is 302 g/mol. The van der Waals surface area contributed by atoms with Gasteiger partial charge in [0.15, 0.2) is 0 Å². The first-order chi connectivity index (χ1) is 10.7. The third kappa shape index (κ3) is 3.72. The molecule has 1 amide bonds. The predicted octanol–water partition coefficient (Wildman–Crippen LogP) is 2.41. The van der Waals surface area contributed by atoms with E-state index < -0.39 is 0 Å². The Hall–Kier alpha value is -1.73. The van der Waals surface area contributed by atoms with E-state index >= 15 is 0 Å². The summed E-state index contributed by atoms with van der Waals surface area (Å²) in [4.78, 5) is 17.2. The smallest absolute Gasteiger partial charge is 0.227 e. The molecule has 0 spiro atoms. The zero-order valence-electron chi connectivity index (χ0n) is 12.4. The van der Waals surface area contributed by atoms with Crippen molar-refractivity contribution in [2.24, 2.45) is 0 Å². The van der Waals surface area contributed by atoms with E-state index in [9.17, 15) is 4.79 Å². The largest absolute Gasteiger partial charge is 0.376 e. The monoisotopic (exact) mass is 321 g/mol. The van der Waals surface area contributed by atoms with E-state index in [4.69, 9.17) is 9.26 Å². The molecule has 22 heavy (non-hydrogen) atoms. The van der Waals surface area contributed by atoms with Crippen molar-refractivity contribution < 1.29 is 14.1 Å². The molecule has 2 unspecified atom stereocenters. The number of nitrogens with one attached hydrogen (secondary N) is 1. The van der Waals surface area contributed by atoms with Gasteiger partial charge in [0.1, 0.15) is 0 Å². The second-order valence-electron chi connectivity index (χ2n) is 5.40. The summed E-state index contributed by atoms with van der Waals surface area (Å²) in [5, 5.41) is 8.87. The van der Waals surface area contributed by atoms with Gasteiger partial charge in [-0.1, -0.05) is 11.2 Å². The van der Waals surface area contributed by atoms with Crippen LogP contribution in [0.25, 0.3) is 10.7 Å². The maximum atomic E-state index is 12.0. The molecule has 0 saturated carbocycles. The normalized spacial score (nSPS) is 19.2. The summed E-state index contributed by atoms with van der Waals surface area (Å²) >= 11 is 1.56. The lowest BCUT2D eigenvalue weighted by molar-refractivity contribution is -0.122. The molecule has 7 heteroatoms. The second kappa shape index (κ2) is 7.02. The number of ether oxygens (including phenoxy) is 1. The van der Waals surface area contributed by atoms with Gasteiger partial charge in [-0.25, -0.2) is 0 Å². The second-order valence-corrected chi connectivity index (χ2v) is 6.34. The van der Waals surface area contributed by atoms with Gasteiger partial charge in [0, 0.05) is 19.4 Å². The van der Waals surface area contributed by atoms with Crippen molar-refractivity contribution >= 4 is 17.2 Å². The molecule has 1 saturated heterocycles. The first kappa shape index (κ1) is 15.2. The number of amides is 1. The average molecular weight is 321 g/mol. The molecule has 0 aliphatic carbocycles. The quantitative estimate of drug-likeness (QED) is 0.884. The van der Waals surface area contributed by atoms with Gasteiger partial charge < -0.3 is 14.6 Å². The number of thiophene rings is 1. The van der Waals surface area contributed by atoms with E-state index in [2.05, 4.69) is 15.5 Å². The van der Waals surface area contributed by atoms with Crippen LogP contribution in [0.5, 0.6) is 0 Å². The molecule has 1 N–H and O–H groups in total. The molecule has 118 valence electrons. The van der Waals surface area contributed by atoms with Crippen LogP contribution in [0.1, 0.15) is 32.1 Å². The molecule has 0 aromatic carbocycles. The highest BCUT2D eigenvalue weighted by Gasteiger charge is 2.23. The lowest BCUT2D eigenvalue weighted by Gasteiger charge is -2.19. The van der Waals surface area contributed by atoms with E-state index in [-0.39, 0.29) is 18.1 Å². The van der Waals surface area contributed by atoms with E-state index in [1.54, 1.807) is 11.3 Å². The summed E-state index contributed by atoms with van der Waals surface area (Å²) in [6, 6.07) is 3.92. The standard InChI is InChI=1S/C15H19N3O3S/c1-10(11-4-2-8-20-11)16-13(19)6-7-14-17-15(18-21-14)12-5-3-9-22-12/h3,5,9-11H,2,4,6-8H2,1H3,(H,16,19). The fourth-order valence-electron chi connectivity index (χ4n) is 2.50. The summed E-state index contributed by atoms with van der Waals surface area (Å²) in [5.74, 6) is 1.06. The van der Waals surface area contributed by atoms with Crippen molar-refractivity contribution in [3.63, 3.8) is 0 Å². The van der Waals surface area contributed by atoms with Gasteiger partial charge in [-0.15, -0.1) is 11.3 Å². The van der Waals surface area contributed by atoms with Crippen LogP contribution in [0.15, 0.2) is 22.0 Å². The Bertz CT molecular complexity index is 605. The molecular formula is C15H19N3O3S. The Morgan fingerprint density at radius 3 is 3.23 bits per heavy atom. The maximum Gasteiger partial charge on any atom is 0.227 e. The number of rotatable bonds is 6. The molecule has 3 heterocycles. The number of carbonyl (C=O) groups excluding carboxylic acids is 1. The predicted molar refractivity (Wildman–Crippen MR) is 82.5 cm³/mol. The van der Waals surface area contributed by atoms with Crippen molar-refractivity contribution in [3.8, 4) is 10.7 Å². The molecule has 2 aromatic heterocycles. The van der Waals surface area contributed by atoms with Crippen LogP contribution in [0.3, 0.4) is 0 Å². The number of aryl methyl sites for hydroxylation is 1. The van der Waals surface area contributed by atoms with Crippen LogP contribution in [-0.4, -0.2) is 34.8 Å². The summed E-state index contributed by atoms with van der Waals surface area (Å²) in [5.41, 5.74) is 0. The number of nitrogens with zero attached hydrogens (tertiary/aromatic N) is 2. The molecule has 2 aromatic rings. The van der Waals surface area contributed by atoms with Crippen LogP contribution in [0, 0.1) is 0 Å². The Kier molecular flexibility index (Phi) is 4.84. The number of hydrogen-bond acceptors (Lipinski definition) is 6. The first-order valence-corrected chi connectivity index (χ1v) is 8.38. The molecule has 0 radical (unpaired) electrons. The van der Waals surface area contributed by atoms with Crippen LogP contribution in [-0.2, 0) is 16.0 Å². The molecule has 1 aliphatic heterocycles. The number of aromatic nitrogens is 2. The SMILES string of the molecule is CC(NC(=O)CCc1nc(-c2cccs2)no1)C1CCCO1. The first-order valence-electron chi connectivity index (χ1n) is 7.50. The van der Waals surface area contributed by atoms with Crippen molar-refractivity contribution in [2.45, 2.75) is 44.8 Å². The van der Waals surface area contributed by atoms with Gasteiger partial charge in [0.2, 0.25) is 17.6 Å². The van der Waals surface area contributed by atoms with Gasteiger partial charge in [0.25, 0.3) is 0 Å². The van der Waals surface area contributed by atoms with Gasteiger partial charge in [-0.05, 0) is 31.2 Å². The van der Waals surface area contributed by atoms with Crippen molar-refractivity contribution in [3.05, 3.63) is 23.4 Å². The average Bonchev–Trinajstić information content (AvgIpc) is 3.25. The Labute approximate surface area is 132 Å². The van der Waals surface area contributed by atoms with Gasteiger partial charge >= 0.3 is 0 Å². The maximum absolute atomic E-state index is 12.0. The third-order valence-electron chi connectivity index (χ3n) is 3.69. The van der Waals surface area contributed by atoms with E-state index in [0.29, 0.717) is 24.6 Å². The van der Waals surface area contributed by atoms with Crippen LogP contribution in [0.2, 0.25) is 0 Å². The molecule has 2 atom stereocenters. The summed E-state index contributed by atoms with van der Waals surface area (Å²) in [6.45, 7) is 2.77. The Balaban J connectivity index is 1.46. The van der Waals surface area contributed by atoms with Crippen LogP contribution in [0.4, 0.5) is 0 Å². The summed E-state index contributed by atoms with van der Waals surface area (Å²) < 4.78 is 10.8. The van der Waals surface area contributed by atoms with Crippen LogP contribution < -0.4 is 5.32 Å². The van der Waals surface area contributed by atoms with Gasteiger partial charge in [0.05, 0.1) is 17.0 Å². The molecule has 1 fully saturated rings. The third-order valence-corrected chi connectivity index (χ3v) is 4.55. The Morgan fingerprint density at radius 1 is 1.59 bits per heavy atom. The Morgan fingerprint density at radius 2 is 2.50 bits per heavy atom. The highest BCUT2D eigenvalue weighted by atomic mass is 32.1. The molecule has 3 rings (SSSR count). The number of carbonyl (C=O) groups is 1. The highest BCUT2D eigenvalue weighted by Crippen LogP contribution is 2.21. The lowest BCUT2D eigenvalue weighted by atomic mass is 10.1. The van der Waals surface area contributed by atoms with Crippen molar-refractivity contribution in [1.82, 2.24) is 15.5 Å². The summed E-state index contributed by atoms with van der Waals surface area (Å²) in [7, 11) is 0. The minimum Gasteiger partial charge on any atom is -0.376 e. The zero-order chi connectivity index (χ0) is 15.4.